The summed E-state index contributed by atoms with van der Waals surface area (Å²) in [7, 11) is 8.45. The second-order valence-electron chi connectivity index (χ2n) is 35.7. The lowest BCUT2D eigenvalue weighted by molar-refractivity contribution is -0.661. The Bertz CT molecular complexity index is 6270. The molecular weight excluding hydrogens is 1390 g/mol. The van der Waals surface area contributed by atoms with E-state index in [1.165, 1.54) is 87.1 Å². The molecule has 17 rings (SSSR count). The third-order valence-corrected chi connectivity index (χ3v) is 23.0. The van der Waals surface area contributed by atoms with Crippen molar-refractivity contribution in [3.63, 3.8) is 0 Å². The number of fused-ring (bicyclic) bond motifs is 12. The molecule has 0 radical (unpaired) electrons. The van der Waals surface area contributed by atoms with Crippen LogP contribution >= 0.6 is 0 Å². The van der Waals surface area contributed by atoms with Crippen LogP contribution in [0.4, 0.5) is 0 Å². The predicted molar refractivity (Wildman–Crippen MR) is 465 cm³/mol. The molecule has 1 aliphatic rings. The zero-order valence-electron chi connectivity index (χ0n) is 71.2. The number of aromatic nitrogens is 8. The van der Waals surface area contributed by atoms with Crippen molar-refractivity contribution in [2.75, 3.05) is 0 Å². The maximum Gasteiger partial charge on any atom is 0.227 e. The highest BCUT2D eigenvalue weighted by molar-refractivity contribution is 6.12. The first kappa shape index (κ1) is 78.9. The quantitative estimate of drug-likeness (QED) is 0.111. The van der Waals surface area contributed by atoms with Crippen molar-refractivity contribution in [3.05, 3.63) is 238 Å². The third kappa shape index (κ3) is 16.1. The van der Waals surface area contributed by atoms with Crippen LogP contribution in [-0.2, 0) is 52.9 Å². The molecule has 12 nitrogen and oxygen atoms in total. The molecule has 1 fully saturated rings. The van der Waals surface area contributed by atoms with Crippen molar-refractivity contribution in [2.45, 2.75) is 206 Å². The van der Waals surface area contributed by atoms with Crippen LogP contribution in [0.25, 0.3) is 133 Å². The van der Waals surface area contributed by atoms with Crippen LogP contribution in [0.5, 0.6) is 0 Å². The molecule has 0 bridgehead atoms. The molecule has 0 unspecified atom stereocenters. The lowest BCUT2D eigenvalue weighted by atomic mass is 9.90. The number of benzene rings is 4. The fourth-order valence-electron chi connectivity index (χ4n) is 16.5. The molecule has 4 aromatic carbocycles. The molecule has 12 aromatic heterocycles. The summed E-state index contributed by atoms with van der Waals surface area (Å²) in [5, 5.41) is 8.90. The van der Waals surface area contributed by atoms with Gasteiger partial charge < -0.3 is 17.7 Å². The molecule has 12 heteroatoms. The van der Waals surface area contributed by atoms with Gasteiger partial charge in [0.2, 0.25) is 45.6 Å². The van der Waals surface area contributed by atoms with E-state index in [1.807, 2.05) is 0 Å². The van der Waals surface area contributed by atoms with Crippen molar-refractivity contribution in [1.29, 1.82) is 0 Å². The van der Waals surface area contributed by atoms with Crippen LogP contribution < -0.4 is 18.3 Å². The molecule has 0 spiro atoms. The highest BCUT2D eigenvalue weighted by Crippen LogP contribution is 2.43. The molecule has 12 heterocycles. The standard InChI is InChI=1S/C26H31N2O.C25H27N2O.2C25H29N2O/c1-16(2)18-9-13-22(28(7)15-18)23-17(3)8-11-20-21-12-10-19(14-26(4,5)6)27-25(21)29-24(20)23;1-4-17-10-14-22(27(3)15-17)23-16(2)9-11-19-20-12-13-21(18-7-5-6-8-18)26-25(20)28-24(19)23;1-15(2)17-9-12-20(27(7)14-17)22-16(3)8-10-18-19-11-13-21(25(4,5)6)26-24(19)28-23(18)22;1-15(2)13-19-9-11-21-20-10-7-17(5)23(24(20)28-25(21)26-19)22-12-8-18(16(3)4)14-27(22)6/h8-13,15-16H,14H2,1-7H3;9-15,18H,4-8H2,1-3H3;8-15H,1-7H3;7-12,14-16H,13H2,1-6H3/q4*+1. The summed E-state index contributed by atoms with van der Waals surface area (Å²) in [6.07, 6.45) is 16.9. The van der Waals surface area contributed by atoms with E-state index in [0.717, 1.165) is 158 Å². The van der Waals surface area contributed by atoms with Gasteiger partial charge in [-0.25, -0.2) is 38.2 Å². The summed E-state index contributed by atoms with van der Waals surface area (Å²) in [5.41, 5.74) is 30.7. The largest absolute Gasteiger partial charge is 0.437 e. The molecule has 0 amide bonds. The molecule has 113 heavy (non-hydrogen) atoms. The number of hydrogen-bond acceptors (Lipinski definition) is 8. The van der Waals surface area contributed by atoms with Crippen LogP contribution in [0.1, 0.15) is 220 Å². The molecule has 1 saturated carbocycles. The van der Waals surface area contributed by atoms with E-state index in [0.29, 0.717) is 29.6 Å². The van der Waals surface area contributed by atoms with Gasteiger partial charge in [-0.2, -0.15) is 0 Å². The highest BCUT2D eigenvalue weighted by atomic mass is 16.4. The first-order valence-electron chi connectivity index (χ1n) is 41.1. The molecule has 0 N–H and O–H groups in total. The van der Waals surface area contributed by atoms with E-state index >= 15 is 0 Å². The summed E-state index contributed by atoms with van der Waals surface area (Å²) < 4.78 is 34.3. The number of pyridine rings is 8. The summed E-state index contributed by atoms with van der Waals surface area (Å²) in [6, 6.07) is 52.4. The first-order valence-corrected chi connectivity index (χ1v) is 41.1. The smallest absolute Gasteiger partial charge is 0.227 e. The minimum atomic E-state index is -0.00890. The summed E-state index contributed by atoms with van der Waals surface area (Å²) in [6.45, 7) is 41.8. The lowest BCUT2D eigenvalue weighted by Gasteiger charge is -2.16. The van der Waals surface area contributed by atoms with Gasteiger partial charge in [0.1, 0.15) is 28.2 Å². The number of rotatable bonds is 12. The van der Waals surface area contributed by atoms with Gasteiger partial charge in [0, 0.05) is 124 Å². The molecular formula is C101H116N8O4+4. The van der Waals surface area contributed by atoms with Crippen molar-refractivity contribution in [2.24, 2.45) is 39.5 Å². The lowest BCUT2D eigenvalue weighted by Crippen LogP contribution is -2.31. The van der Waals surface area contributed by atoms with Gasteiger partial charge in [-0.05, 0) is 184 Å². The van der Waals surface area contributed by atoms with Gasteiger partial charge >= 0.3 is 0 Å². The Labute approximate surface area is 668 Å². The average Bonchev–Trinajstić information content (AvgIpc) is 1.63. The molecule has 16 aromatic rings. The van der Waals surface area contributed by atoms with Gasteiger partial charge in [-0.15, -0.1) is 0 Å². The molecule has 1 aliphatic carbocycles. The van der Waals surface area contributed by atoms with E-state index in [2.05, 4.69) is 348 Å². The molecule has 580 valence electrons. The van der Waals surface area contributed by atoms with Crippen molar-refractivity contribution >= 4 is 88.3 Å². The van der Waals surface area contributed by atoms with Crippen LogP contribution in [0.2, 0.25) is 0 Å². The monoisotopic (exact) mass is 1500 g/mol. The van der Waals surface area contributed by atoms with E-state index in [4.69, 9.17) is 37.6 Å². The highest BCUT2D eigenvalue weighted by Gasteiger charge is 2.29. The van der Waals surface area contributed by atoms with Gasteiger partial charge in [-0.3, -0.25) is 0 Å². The predicted octanol–water partition coefficient (Wildman–Crippen LogP) is 24.8. The Morgan fingerprint density at radius 1 is 0.372 bits per heavy atom. The first-order chi connectivity index (χ1) is 53.8. The molecule has 0 aliphatic heterocycles. The van der Waals surface area contributed by atoms with Crippen LogP contribution in [0, 0.1) is 39.0 Å². The Kier molecular flexibility index (Phi) is 22.1. The van der Waals surface area contributed by atoms with E-state index < -0.39 is 0 Å². The zero-order valence-corrected chi connectivity index (χ0v) is 71.2. The summed E-state index contributed by atoms with van der Waals surface area (Å²) >= 11 is 0. The summed E-state index contributed by atoms with van der Waals surface area (Å²) in [5.74, 6) is 2.68. The minimum absolute atomic E-state index is 0.00890. The SMILES string of the molecule is CCc1ccc(-c2c(C)ccc3c2oc2nc(C4CCCC4)ccc23)[n+](C)c1.Cc1ccc2c(oc3nc(C(C)(C)C)ccc32)c1-c1ccc(C(C)C)c[n+]1C.Cc1ccc2c(oc3nc(CC(C)(C)C)ccc32)c1-c1ccc(C(C)C)c[n+]1C.Cc1ccc2c(oc3nc(CC(C)C)ccc32)c1-c1ccc(C(C)C)c[n+]1C. The second-order valence-corrected chi connectivity index (χ2v) is 35.7. The van der Waals surface area contributed by atoms with E-state index in [-0.39, 0.29) is 10.8 Å². The minimum Gasteiger partial charge on any atom is -0.437 e. The average molecular weight is 1510 g/mol. The fourth-order valence-corrected chi connectivity index (χ4v) is 16.5. The normalized spacial score (nSPS) is 13.0. The number of hydrogen-bond donors (Lipinski definition) is 0. The van der Waals surface area contributed by atoms with Gasteiger partial charge in [-0.1, -0.05) is 165 Å². The zero-order chi connectivity index (χ0) is 80.4. The Morgan fingerprint density at radius 2 is 0.708 bits per heavy atom. The third-order valence-electron chi connectivity index (χ3n) is 23.0. The van der Waals surface area contributed by atoms with Crippen LogP contribution in [0.15, 0.2) is 188 Å². The maximum absolute atomic E-state index is 6.41. The summed E-state index contributed by atoms with van der Waals surface area (Å²) in [4.78, 5) is 19.4. The van der Waals surface area contributed by atoms with Gasteiger partial charge in [0.05, 0.1) is 22.3 Å². The van der Waals surface area contributed by atoms with E-state index in [9.17, 15) is 0 Å². The Morgan fingerprint density at radius 3 is 1.06 bits per heavy atom. The molecule has 0 saturated heterocycles. The maximum atomic E-state index is 6.41. The second kappa shape index (κ2) is 31.7. The van der Waals surface area contributed by atoms with Gasteiger partial charge in [0.15, 0.2) is 47.1 Å². The van der Waals surface area contributed by atoms with Gasteiger partial charge in [0.25, 0.3) is 0 Å². The van der Waals surface area contributed by atoms with Crippen molar-refractivity contribution in [3.8, 4) is 45.0 Å². The molecule has 0 atom stereocenters. The van der Waals surface area contributed by atoms with Crippen molar-refractivity contribution < 1.29 is 35.9 Å². The van der Waals surface area contributed by atoms with E-state index in [1.54, 1.807) is 0 Å². The topological polar surface area (TPSA) is 120 Å². The van der Waals surface area contributed by atoms with Crippen LogP contribution in [0.3, 0.4) is 0 Å². The Balaban J connectivity index is 0.000000125. The number of furan rings is 4. The number of nitrogens with zero attached hydrogens (tertiary/aromatic N) is 8. The van der Waals surface area contributed by atoms with Crippen molar-refractivity contribution in [1.82, 2.24) is 19.9 Å². The fraction of sp³-hybridized carbons (Fsp3) is 0.366. The Hall–Kier alpha value is -10.7. The number of aryl methyl sites for hydroxylation is 9. The van der Waals surface area contributed by atoms with Crippen LogP contribution in [-0.4, -0.2) is 19.9 Å².